The first-order valence-corrected chi connectivity index (χ1v) is 8.43. The molecule has 1 aromatic carbocycles. The molecule has 1 N–H and O–H groups in total. The number of nitrogens with one attached hydrogen (secondary N) is 1. The van der Waals surface area contributed by atoms with Gasteiger partial charge >= 0.3 is 0 Å². The number of benzene rings is 1. The van der Waals surface area contributed by atoms with E-state index in [4.69, 9.17) is 4.74 Å². The van der Waals surface area contributed by atoms with Crippen molar-refractivity contribution in [3.05, 3.63) is 29.8 Å². The van der Waals surface area contributed by atoms with Crippen molar-refractivity contribution in [1.29, 1.82) is 0 Å². The molecule has 2 rings (SSSR count). The van der Waals surface area contributed by atoms with E-state index < -0.39 is 0 Å². The molecule has 118 valence electrons. The summed E-state index contributed by atoms with van der Waals surface area (Å²) in [6.07, 6.45) is 6.52. The zero-order valence-corrected chi connectivity index (χ0v) is 14.1. The number of likely N-dealkylation sites (N-methyl/N-ethyl adjacent to an activating group) is 1. The SMILES string of the molecule is CCNC(Cc1ccccc1OC)C1CCCCC1(C)C. The van der Waals surface area contributed by atoms with E-state index in [0.717, 1.165) is 24.6 Å². The molecule has 0 amide bonds. The van der Waals surface area contributed by atoms with Gasteiger partial charge < -0.3 is 10.1 Å². The summed E-state index contributed by atoms with van der Waals surface area (Å²) >= 11 is 0. The van der Waals surface area contributed by atoms with Crippen molar-refractivity contribution in [3.63, 3.8) is 0 Å². The van der Waals surface area contributed by atoms with Crippen molar-refractivity contribution in [2.45, 2.75) is 58.9 Å². The molecular formula is C19H31NO. The van der Waals surface area contributed by atoms with E-state index in [1.165, 1.54) is 31.2 Å². The molecular weight excluding hydrogens is 258 g/mol. The smallest absolute Gasteiger partial charge is 0.122 e. The van der Waals surface area contributed by atoms with E-state index in [1.807, 2.05) is 0 Å². The van der Waals surface area contributed by atoms with E-state index in [1.54, 1.807) is 7.11 Å². The minimum atomic E-state index is 0.438. The molecule has 0 radical (unpaired) electrons. The third-order valence-electron chi connectivity index (χ3n) is 5.17. The first-order chi connectivity index (χ1) is 10.1. The maximum atomic E-state index is 5.54. The number of para-hydroxylation sites is 1. The largest absolute Gasteiger partial charge is 0.496 e. The molecule has 2 nitrogen and oxygen atoms in total. The van der Waals surface area contributed by atoms with Gasteiger partial charge in [-0.25, -0.2) is 0 Å². The molecule has 0 aliphatic heterocycles. The summed E-state index contributed by atoms with van der Waals surface area (Å²) in [4.78, 5) is 0. The molecule has 0 bridgehead atoms. The normalized spacial score (nSPS) is 22.8. The fourth-order valence-electron chi connectivity index (χ4n) is 3.99. The topological polar surface area (TPSA) is 21.3 Å². The van der Waals surface area contributed by atoms with Crippen LogP contribution in [-0.2, 0) is 6.42 Å². The van der Waals surface area contributed by atoms with Crippen LogP contribution >= 0.6 is 0 Å². The molecule has 0 aromatic heterocycles. The molecule has 0 heterocycles. The van der Waals surface area contributed by atoms with Crippen LogP contribution in [0.3, 0.4) is 0 Å². The highest BCUT2D eigenvalue weighted by molar-refractivity contribution is 5.34. The molecule has 2 heteroatoms. The van der Waals surface area contributed by atoms with Gasteiger partial charge in [0, 0.05) is 6.04 Å². The van der Waals surface area contributed by atoms with Gasteiger partial charge in [-0.05, 0) is 48.8 Å². The number of methoxy groups -OCH3 is 1. The first kappa shape index (κ1) is 16.4. The molecule has 2 unspecified atom stereocenters. The zero-order valence-electron chi connectivity index (χ0n) is 14.1. The van der Waals surface area contributed by atoms with E-state index in [-0.39, 0.29) is 0 Å². The van der Waals surface area contributed by atoms with Gasteiger partial charge in [-0.3, -0.25) is 0 Å². The van der Waals surface area contributed by atoms with E-state index in [2.05, 4.69) is 50.4 Å². The van der Waals surface area contributed by atoms with E-state index >= 15 is 0 Å². The van der Waals surface area contributed by atoms with Crippen LogP contribution in [0.2, 0.25) is 0 Å². The molecule has 1 aromatic rings. The lowest BCUT2D eigenvalue weighted by atomic mass is 9.65. The fraction of sp³-hybridized carbons (Fsp3) is 0.684. The van der Waals surface area contributed by atoms with Gasteiger partial charge in [-0.2, -0.15) is 0 Å². The van der Waals surface area contributed by atoms with Crippen LogP contribution in [0.4, 0.5) is 0 Å². The second kappa shape index (κ2) is 7.31. The summed E-state index contributed by atoms with van der Waals surface area (Å²) in [5.41, 5.74) is 1.76. The molecule has 0 saturated heterocycles. The lowest BCUT2D eigenvalue weighted by Gasteiger charge is -2.43. The highest BCUT2D eigenvalue weighted by Gasteiger charge is 2.37. The Balaban J connectivity index is 2.18. The predicted octanol–water partition coefficient (Wildman–Crippen LogP) is 4.43. The fourth-order valence-corrected chi connectivity index (χ4v) is 3.99. The standard InChI is InChI=1S/C19H31NO/c1-5-20-17(16-11-8-9-13-19(16,2)3)14-15-10-6-7-12-18(15)21-4/h6-7,10,12,16-17,20H,5,8-9,11,13-14H2,1-4H3. The second-order valence-corrected chi connectivity index (χ2v) is 7.02. The Morgan fingerprint density at radius 2 is 2.05 bits per heavy atom. The van der Waals surface area contributed by atoms with Crippen LogP contribution in [0, 0.1) is 11.3 Å². The number of ether oxygens (including phenoxy) is 1. The van der Waals surface area contributed by atoms with E-state index in [0.29, 0.717) is 11.5 Å². The third kappa shape index (κ3) is 4.00. The Morgan fingerprint density at radius 3 is 2.71 bits per heavy atom. The van der Waals surface area contributed by atoms with Crippen molar-refractivity contribution in [1.82, 2.24) is 5.32 Å². The molecule has 1 saturated carbocycles. The average Bonchev–Trinajstić information content (AvgIpc) is 2.47. The Bertz CT molecular complexity index is 441. The lowest BCUT2D eigenvalue weighted by molar-refractivity contribution is 0.0985. The summed E-state index contributed by atoms with van der Waals surface area (Å²) in [6.45, 7) is 8.14. The zero-order chi connectivity index (χ0) is 15.3. The molecule has 2 atom stereocenters. The van der Waals surface area contributed by atoms with Gasteiger partial charge in [-0.1, -0.05) is 51.8 Å². The van der Waals surface area contributed by atoms with Gasteiger partial charge in [0.05, 0.1) is 7.11 Å². The van der Waals surface area contributed by atoms with Crippen LogP contribution in [0.15, 0.2) is 24.3 Å². The van der Waals surface area contributed by atoms with Gasteiger partial charge in [0.1, 0.15) is 5.75 Å². The molecule has 1 fully saturated rings. The van der Waals surface area contributed by atoms with Crippen LogP contribution in [-0.4, -0.2) is 19.7 Å². The van der Waals surface area contributed by atoms with Crippen LogP contribution in [0.25, 0.3) is 0 Å². The highest BCUT2D eigenvalue weighted by Crippen LogP contribution is 2.43. The van der Waals surface area contributed by atoms with Crippen molar-refractivity contribution in [2.24, 2.45) is 11.3 Å². The Hall–Kier alpha value is -1.02. The number of hydrogen-bond acceptors (Lipinski definition) is 2. The molecule has 1 aliphatic rings. The van der Waals surface area contributed by atoms with Gasteiger partial charge in [0.2, 0.25) is 0 Å². The van der Waals surface area contributed by atoms with Gasteiger partial charge in [-0.15, -0.1) is 0 Å². The van der Waals surface area contributed by atoms with Crippen molar-refractivity contribution < 1.29 is 4.74 Å². The highest BCUT2D eigenvalue weighted by atomic mass is 16.5. The minimum Gasteiger partial charge on any atom is -0.496 e. The first-order valence-electron chi connectivity index (χ1n) is 8.43. The summed E-state index contributed by atoms with van der Waals surface area (Å²) in [7, 11) is 1.77. The van der Waals surface area contributed by atoms with Crippen molar-refractivity contribution >= 4 is 0 Å². The maximum Gasteiger partial charge on any atom is 0.122 e. The Morgan fingerprint density at radius 1 is 1.29 bits per heavy atom. The van der Waals surface area contributed by atoms with Crippen LogP contribution < -0.4 is 10.1 Å². The van der Waals surface area contributed by atoms with Crippen molar-refractivity contribution in [2.75, 3.05) is 13.7 Å². The minimum absolute atomic E-state index is 0.438. The second-order valence-electron chi connectivity index (χ2n) is 7.02. The van der Waals surface area contributed by atoms with Gasteiger partial charge in [0.15, 0.2) is 0 Å². The lowest BCUT2D eigenvalue weighted by Crippen LogP contribution is -2.46. The summed E-state index contributed by atoms with van der Waals surface area (Å²) in [6, 6.07) is 8.99. The predicted molar refractivity (Wildman–Crippen MR) is 89.9 cm³/mol. The van der Waals surface area contributed by atoms with Crippen LogP contribution in [0.1, 0.15) is 52.0 Å². The molecule has 21 heavy (non-hydrogen) atoms. The summed E-state index contributed by atoms with van der Waals surface area (Å²) < 4.78 is 5.54. The number of rotatable bonds is 6. The Kier molecular flexibility index (Phi) is 5.69. The molecule has 0 spiro atoms. The summed E-state index contributed by atoms with van der Waals surface area (Å²) in [5.74, 6) is 1.77. The Labute approximate surface area is 130 Å². The monoisotopic (exact) mass is 289 g/mol. The average molecular weight is 289 g/mol. The van der Waals surface area contributed by atoms with Gasteiger partial charge in [0.25, 0.3) is 0 Å². The maximum absolute atomic E-state index is 5.54. The summed E-state index contributed by atoms with van der Waals surface area (Å²) in [5, 5.41) is 3.75. The van der Waals surface area contributed by atoms with E-state index in [9.17, 15) is 0 Å². The van der Waals surface area contributed by atoms with Crippen LogP contribution in [0.5, 0.6) is 5.75 Å². The third-order valence-corrected chi connectivity index (χ3v) is 5.17. The number of hydrogen-bond donors (Lipinski definition) is 1. The molecule has 1 aliphatic carbocycles. The quantitative estimate of drug-likeness (QED) is 0.836. The van der Waals surface area contributed by atoms with Crippen molar-refractivity contribution in [3.8, 4) is 5.75 Å².